The van der Waals surface area contributed by atoms with Crippen LogP contribution in [0.1, 0.15) is 247 Å². The molecule has 12 saturated heterocycles. The fourth-order valence-electron chi connectivity index (χ4n) is 22.4. The van der Waals surface area contributed by atoms with Gasteiger partial charge < -0.3 is 104 Å². The molecule has 146 heavy (non-hydrogen) atoms. The number of carbonyl (C=O) groups is 6. The van der Waals surface area contributed by atoms with Gasteiger partial charge in [0.05, 0.1) is 130 Å². The van der Waals surface area contributed by atoms with Gasteiger partial charge in [0.1, 0.15) is 12.0 Å². The maximum atomic E-state index is 12.8. The second-order valence-corrected chi connectivity index (χ2v) is 47.2. The van der Waals surface area contributed by atoms with Crippen LogP contribution in [0.15, 0.2) is 0 Å². The first-order chi connectivity index (χ1) is 68.8. The van der Waals surface area contributed by atoms with Crippen molar-refractivity contribution in [3.63, 3.8) is 0 Å². The summed E-state index contributed by atoms with van der Waals surface area (Å²) in [7, 11) is 3.32. The highest BCUT2D eigenvalue weighted by Gasteiger charge is 2.54. The van der Waals surface area contributed by atoms with Crippen molar-refractivity contribution in [1.82, 2.24) is 95.6 Å². The maximum Gasteiger partial charge on any atom is 0.397 e. The van der Waals surface area contributed by atoms with Crippen LogP contribution in [0.3, 0.4) is 0 Å². The monoisotopic (exact) mass is 2090 g/mol. The fraction of sp³-hybridized carbons (Fsp3) is 0.944. The summed E-state index contributed by atoms with van der Waals surface area (Å²) in [6.07, 6.45) is 1.89. The van der Waals surface area contributed by atoms with E-state index in [9.17, 15) is 60.2 Å². The van der Waals surface area contributed by atoms with Gasteiger partial charge in [0.15, 0.2) is 0 Å². The first-order valence-corrected chi connectivity index (χ1v) is 56.0. The number of carbonyl (C=O) groups excluding carboxylic acids is 6. The quantitative estimate of drug-likeness (QED) is 0.0290. The van der Waals surface area contributed by atoms with E-state index in [0.29, 0.717) is 95.0 Å². The molecule has 2 unspecified atom stereocenters. The highest BCUT2D eigenvalue weighted by molar-refractivity contribution is 5.89. The Balaban J connectivity index is 0.000000214. The van der Waals surface area contributed by atoms with Crippen LogP contribution in [-0.2, 0) is 61.9 Å². The summed E-state index contributed by atoms with van der Waals surface area (Å²) in [5.74, 6) is -2.63. The molecule has 13 rings (SSSR count). The summed E-state index contributed by atoms with van der Waals surface area (Å²) in [6, 6.07) is 3.09. The molecule has 6 amide bonds. The molecule has 0 aromatic carbocycles. The Kier molecular flexibility index (Phi) is 52.1. The molecule has 0 aromatic heterocycles. The number of aliphatic hydroxyl groups excluding tert-OH is 1. The number of halogens is 6. The number of nitrogens with zero attached hydrogens (tertiary/aromatic N) is 13. The predicted octanol–water partition coefficient (Wildman–Crippen LogP) is 8.33. The van der Waals surface area contributed by atoms with Crippen LogP contribution < -0.4 is 31.9 Å². The van der Waals surface area contributed by atoms with Crippen LogP contribution in [0.4, 0.5) is 26.3 Å². The number of rotatable bonds is 36. The summed E-state index contributed by atoms with van der Waals surface area (Å²) in [5.41, 5.74) is -2.49. The van der Waals surface area contributed by atoms with Gasteiger partial charge in [-0.15, -0.1) is 0 Å². The van der Waals surface area contributed by atoms with E-state index in [1.165, 1.54) is 0 Å². The van der Waals surface area contributed by atoms with E-state index in [0.717, 1.165) is 327 Å². The smallest absolute Gasteiger partial charge is 0.393 e. The van der Waals surface area contributed by atoms with Crippen LogP contribution in [0.2, 0.25) is 0 Å². The van der Waals surface area contributed by atoms with Gasteiger partial charge in [0.25, 0.3) is 5.91 Å². The molecule has 0 spiro atoms. The lowest BCUT2D eigenvalue weighted by Crippen LogP contribution is -2.63. The molecular weight excluding hydrogens is 1890 g/mol. The van der Waals surface area contributed by atoms with Crippen molar-refractivity contribution in [1.29, 1.82) is 0 Å². The topological polar surface area (TPSA) is 302 Å². The second kappa shape index (κ2) is 60.0. The van der Waals surface area contributed by atoms with E-state index in [1.807, 2.05) is 27.7 Å². The number of hydrogen-bond acceptors (Lipinski definition) is 27. The fourth-order valence-corrected chi connectivity index (χ4v) is 22.4. The van der Waals surface area contributed by atoms with E-state index in [1.54, 1.807) is 21.1 Å². The summed E-state index contributed by atoms with van der Waals surface area (Å²) < 4.78 is 114. The van der Waals surface area contributed by atoms with E-state index >= 15 is 0 Å². The van der Waals surface area contributed by atoms with Gasteiger partial charge >= 0.3 is 12.4 Å². The summed E-state index contributed by atoms with van der Waals surface area (Å²) >= 11 is 0. The van der Waals surface area contributed by atoms with Gasteiger partial charge in [0, 0.05) is 272 Å². The van der Waals surface area contributed by atoms with Crippen LogP contribution in [0, 0.1) is 11.8 Å². The largest absolute Gasteiger partial charge is 0.397 e. The lowest BCUT2D eigenvalue weighted by Gasteiger charge is -2.47. The molecule has 1 aliphatic carbocycles. The molecule has 7 N–H and O–H groups in total. The van der Waals surface area contributed by atoms with Crippen molar-refractivity contribution >= 4 is 35.4 Å². The standard InChI is InChI=1S/C19H38N4O.C19H37N3O3.C18H32F3N3O2.C18H33N3O3.C17H33N3O3.C16H28F3N3O2/c1-6-21-11-13-22(14-12-21)15-19(20-18(24)16(2)3)7-9-23(10-8-19)17(4)5;1-16(2)22-8-6-19(7-9-22,15-21-10-12-25-13-11-21)20-17(23)14-18(3,4)24-5;1-14(2)24-6-4-17(5-7-24,13-23-8-10-26-11-9-23)22-16(25)12-15(3)18(19,20)21;1-15(2)21-8-6-17(7-9-21,14-20-10-12-24-13-11-20)19-16(22)18(23-3)4-5-18;1-14(2)20-6-4-17(5-7-20,18-16(22)12-15(3)21)13-19-8-10-23-11-9-19;1-13(2)22-5-3-15(4-6-22,12-21-7-9-24-10-8-21)20-14(23)11-16(17,18)19/h16-17H,6-15H2,1-5H3,(H,20,24);16H,6-15H2,1-5H3,(H,20,23);14-15H,4-13H2,1-3H3,(H,22,25);15H,4-14H2,1-3H3,(H,19,22);14-15,21H,4-13H2,1-3H3,(H,18,22);13H,3-12H2,1-2H3,(H,20,23). The lowest BCUT2D eigenvalue weighted by molar-refractivity contribution is -0.174. The second-order valence-electron chi connectivity index (χ2n) is 47.2. The average Bonchev–Trinajstić information content (AvgIpc) is 1.62. The third kappa shape index (κ3) is 43.4. The Morgan fingerprint density at radius 2 is 0.548 bits per heavy atom. The molecule has 13 aliphatic rings. The molecule has 0 radical (unpaired) electrons. The Bertz CT molecular complexity index is 3730. The SMILES string of the molecule is CC(C)N1CCC(CN2CCOCC2)(NC(=O)CC(C)C(F)(F)F)CC1.CC(C)N1CCC(CN2CCOCC2)(NC(=O)CC(F)(F)F)CC1.CC(O)CC(=O)NC1(CN2CCOCC2)CCN(C(C)C)CC1.CCN1CCN(CC2(NC(=O)C(C)C)CCN(C(C)C)CC2)CC1.COC(C)(C)CC(=O)NC1(CN2CCOCC2)CCN(C(C)C)CC1.COC1(C(=O)NC2(CN3CCOCC3)CCN(C(C)C)CC2)CC1. The molecule has 0 bridgehead atoms. The number of piperidine rings is 6. The minimum absolute atomic E-state index is 0.0359. The normalized spacial score (nSPS) is 24.3. The minimum Gasteiger partial charge on any atom is -0.393 e. The highest BCUT2D eigenvalue weighted by atomic mass is 19.4. The van der Waals surface area contributed by atoms with Crippen molar-refractivity contribution < 1.29 is 93.4 Å². The maximum absolute atomic E-state index is 12.8. The molecule has 12 aliphatic heterocycles. The van der Waals surface area contributed by atoms with E-state index in [2.05, 4.69) is 186 Å². The number of hydrogen-bond donors (Lipinski definition) is 7. The molecule has 0 aromatic rings. The number of alkyl halides is 6. The van der Waals surface area contributed by atoms with E-state index in [-0.39, 0.29) is 58.1 Å². The Morgan fingerprint density at radius 3 is 0.767 bits per heavy atom. The molecule has 2 atom stereocenters. The van der Waals surface area contributed by atoms with Crippen molar-refractivity contribution in [2.24, 2.45) is 11.8 Å². The summed E-state index contributed by atoms with van der Waals surface area (Å²) in [6.45, 7) is 77.7. The Hall–Kier alpha value is -4.44. The molecule has 850 valence electrons. The molecule has 1 saturated carbocycles. The third-order valence-electron chi connectivity index (χ3n) is 33.0. The van der Waals surface area contributed by atoms with Crippen molar-refractivity contribution in [3.8, 4) is 0 Å². The van der Waals surface area contributed by atoms with Crippen LogP contribution in [0.25, 0.3) is 0 Å². The Labute approximate surface area is 874 Å². The van der Waals surface area contributed by atoms with Crippen molar-refractivity contribution in [2.75, 3.05) is 296 Å². The highest BCUT2D eigenvalue weighted by Crippen LogP contribution is 2.41. The van der Waals surface area contributed by atoms with Gasteiger partial charge in [-0.2, -0.15) is 26.3 Å². The van der Waals surface area contributed by atoms with Crippen molar-refractivity contribution in [3.05, 3.63) is 0 Å². The predicted molar refractivity (Wildman–Crippen MR) is 562 cm³/mol. The first-order valence-electron chi connectivity index (χ1n) is 56.0. The average molecular weight is 2090 g/mol. The first kappa shape index (κ1) is 127. The van der Waals surface area contributed by atoms with Gasteiger partial charge in [-0.25, -0.2) is 0 Å². The number of likely N-dealkylation sites (N-methyl/N-ethyl adjacent to an activating group) is 1. The number of piperazine rings is 1. The number of aliphatic hydroxyl groups is 1. The molecule has 39 heteroatoms. The van der Waals surface area contributed by atoms with Crippen LogP contribution >= 0.6 is 0 Å². The molecule has 33 nitrogen and oxygen atoms in total. The molecule has 12 heterocycles. The van der Waals surface area contributed by atoms with E-state index < -0.39 is 71.3 Å². The zero-order chi connectivity index (χ0) is 107. The zero-order valence-electron chi connectivity index (χ0n) is 94.2. The Morgan fingerprint density at radius 1 is 0.315 bits per heavy atom. The number of amides is 6. The minimum atomic E-state index is -4.47. The third-order valence-corrected chi connectivity index (χ3v) is 33.0. The van der Waals surface area contributed by atoms with Gasteiger partial charge in [-0.3, -0.25) is 58.2 Å². The van der Waals surface area contributed by atoms with E-state index in [4.69, 9.17) is 33.2 Å². The zero-order valence-corrected chi connectivity index (χ0v) is 94.2. The van der Waals surface area contributed by atoms with Crippen LogP contribution in [-0.4, -0.2) is 500 Å². The number of likely N-dealkylation sites (tertiary alicyclic amines) is 6. The summed E-state index contributed by atoms with van der Waals surface area (Å²) in [5, 5.41) is 28.7. The van der Waals surface area contributed by atoms with Crippen molar-refractivity contribution in [2.45, 2.75) is 346 Å². The number of morpholine rings is 5. The van der Waals surface area contributed by atoms with Gasteiger partial charge in [-0.1, -0.05) is 27.7 Å². The van der Waals surface area contributed by atoms with Gasteiger partial charge in [0.2, 0.25) is 29.5 Å². The number of nitrogens with one attached hydrogen (secondary N) is 6. The number of ether oxygens (including phenoxy) is 7. The molecular formula is C107H201F6N19O14. The lowest BCUT2D eigenvalue weighted by atomic mass is 9.85. The van der Waals surface area contributed by atoms with Crippen LogP contribution in [0.5, 0.6) is 0 Å². The number of methoxy groups -OCH3 is 2. The van der Waals surface area contributed by atoms with Gasteiger partial charge in [-0.05, 0) is 200 Å². The molecule has 13 fully saturated rings. The summed E-state index contributed by atoms with van der Waals surface area (Å²) in [4.78, 5) is 106.